The maximum absolute atomic E-state index is 13.8. The highest BCUT2D eigenvalue weighted by Gasteiger charge is 2.56. The van der Waals surface area contributed by atoms with Crippen molar-refractivity contribution >= 4 is 21.9 Å². The lowest BCUT2D eigenvalue weighted by atomic mass is 9.91. The number of rotatable bonds is 2. The molecule has 0 N–H and O–H groups in total. The van der Waals surface area contributed by atoms with E-state index in [1.165, 1.54) is 13.0 Å². The first-order valence-electron chi connectivity index (χ1n) is 6.76. The molecule has 3 bridgehead atoms. The summed E-state index contributed by atoms with van der Waals surface area (Å²) in [7, 11) is -4.30. The number of halogens is 1. The van der Waals surface area contributed by atoms with Gasteiger partial charge >= 0.3 is 0 Å². The van der Waals surface area contributed by atoms with E-state index in [2.05, 4.69) is 0 Å². The molecule has 23 heavy (non-hydrogen) atoms. The van der Waals surface area contributed by atoms with Gasteiger partial charge in [-0.1, -0.05) is 6.92 Å². The summed E-state index contributed by atoms with van der Waals surface area (Å²) in [5.74, 6) is -1.73. The molecule has 1 aromatic carbocycles. The van der Waals surface area contributed by atoms with E-state index in [-0.39, 0.29) is 22.4 Å². The normalized spacial score (nSPS) is 28.2. The van der Waals surface area contributed by atoms with Crippen LogP contribution in [0.15, 0.2) is 23.1 Å². The van der Waals surface area contributed by atoms with E-state index in [0.717, 1.165) is 12.1 Å². The standard InChI is InChI=1S/C14H11FN2O5S/c1-2-11-14(6-15,7-16)17-12(18)9-4-3-8(23(20,21)22-11)5-10(9)13(17)19/h3-5,11H,2,6H2,1H3. The molecule has 2 unspecified atom stereocenters. The van der Waals surface area contributed by atoms with E-state index >= 15 is 0 Å². The molecule has 9 heteroatoms. The molecule has 7 nitrogen and oxygen atoms in total. The van der Waals surface area contributed by atoms with Gasteiger partial charge in [-0.3, -0.25) is 13.8 Å². The van der Waals surface area contributed by atoms with Crippen molar-refractivity contribution in [2.45, 2.75) is 29.9 Å². The molecule has 2 heterocycles. The molecule has 0 fully saturated rings. The van der Waals surface area contributed by atoms with Crippen LogP contribution in [0.3, 0.4) is 0 Å². The number of alkyl halides is 1. The minimum atomic E-state index is -4.30. The Kier molecular flexibility index (Phi) is 3.28. The summed E-state index contributed by atoms with van der Waals surface area (Å²) in [5, 5.41) is 9.48. The van der Waals surface area contributed by atoms with Crippen molar-refractivity contribution in [3.05, 3.63) is 29.3 Å². The molecule has 0 aliphatic carbocycles. The Hall–Kier alpha value is -2.31. The van der Waals surface area contributed by atoms with Crippen LogP contribution in [0, 0.1) is 11.3 Å². The van der Waals surface area contributed by atoms with Crippen molar-refractivity contribution in [2.24, 2.45) is 0 Å². The Morgan fingerprint density at radius 1 is 1.35 bits per heavy atom. The number of nitriles is 1. The smallest absolute Gasteiger partial charge is 0.269 e. The monoisotopic (exact) mass is 338 g/mol. The lowest BCUT2D eigenvalue weighted by molar-refractivity contribution is 0.0121. The summed E-state index contributed by atoms with van der Waals surface area (Å²) in [5.41, 5.74) is -2.57. The molecular formula is C14H11FN2O5S. The third-order valence-electron chi connectivity index (χ3n) is 4.09. The summed E-state index contributed by atoms with van der Waals surface area (Å²) in [6, 6.07) is 4.92. The van der Waals surface area contributed by atoms with Crippen molar-refractivity contribution in [3.63, 3.8) is 0 Å². The molecule has 0 spiro atoms. The number of carbonyl (C=O) groups excluding carboxylic acids is 2. The highest BCUT2D eigenvalue weighted by atomic mass is 32.2. The van der Waals surface area contributed by atoms with Gasteiger partial charge in [0, 0.05) is 0 Å². The van der Waals surface area contributed by atoms with Crippen LogP contribution in [0.1, 0.15) is 34.1 Å². The number of carbonyl (C=O) groups is 2. The zero-order chi connectivity index (χ0) is 17.0. The number of hydrogen-bond acceptors (Lipinski definition) is 6. The molecule has 2 atom stereocenters. The predicted molar refractivity (Wildman–Crippen MR) is 73.6 cm³/mol. The molecule has 2 aliphatic heterocycles. The fourth-order valence-corrected chi connectivity index (χ4v) is 4.08. The van der Waals surface area contributed by atoms with Gasteiger partial charge in [-0.05, 0) is 24.6 Å². The number of amides is 2. The minimum absolute atomic E-state index is 0.0567. The highest BCUT2D eigenvalue weighted by Crippen LogP contribution is 2.38. The molecule has 2 aliphatic rings. The van der Waals surface area contributed by atoms with Crippen LogP contribution in [-0.4, -0.2) is 43.4 Å². The van der Waals surface area contributed by atoms with Crippen molar-refractivity contribution in [3.8, 4) is 6.07 Å². The van der Waals surface area contributed by atoms with Crippen LogP contribution in [0.2, 0.25) is 0 Å². The molecule has 0 aromatic heterocycles. The van der Waals surface area contributed by atoms with Gasteiger partial charge in [0.15, 0.2) is 5.54 Å². The van der Waals surface area contributed by atoms with Crippen molar-refractivity contribution < 1.29 is 26.6 Å². The van der Waals surface area contributed by atoms with Crippen LogP contribution in [0.5, 0.6) is 0 Å². The predicted octanol–water partition coefficient (Wildman–Crippen LogP) is 1.01. The third kappa shape index (κ3) is 1.85. The number of hydrogen-bond donors (Lipinski definition) is 0. The molecule has 0 radical (unpaired) electrons. The fourth-order valence-electron chi connectivity index (χ4n) is 2.87. The summed E-state index contributed by atoms with van der Waals surface area (Å²) in [6.45, 7) is 0.0414. The lowest BCUT2D eigenvalue weighted by Gasteiger charge is -2.37. The van der Waals surface area contributed by atoms with E-state index < -0.39 is 40.2 Å². The number of nitrogens with zero attached hydrogens (tertiary/aromatic N) is 2. The van der Waals surface area contributed by atoms with Gasteiger partial charge in [0.2, 0.25) is 0 Å². The second kappa shape index (κ2) is 4.84. The first-order valence-corrected chi connectivity index (χ1v) is 8.16. The Morgan fingerprint density at radius 2 is 2.00 bits per heavy atom. The van der Waals surface area contributed by atoms with Gasteiger partial charge in [-0.15, -0.1) is 0 Å². The Balaban J connectivity index is 2.40. The fraction of sp³-hybridized carbons (Fsp3) is 0.357. The summed E-state index contributed by atoms with van der Waals surface area (Å²) < 4.78 is 43.4. The van der Waals surface area contributed by atoms with E-state index in [0.29, 0.717) is 4.90 Å². The zero-order valence-electron chi connectivity index (χ0n) is 11.9. The van der Waals surface area contributed by atoms with Crippen molar-refractivity contribution in [2.75, 3.05) is 6.67 Å². The van der Waals surface area contributed by atoms with Crippen molar-refractivity contribution in [1.29, 1.82) is 5.26 Å². The third-order valence-corrected chi connectivity index (χ3v) is 5.41. The van der Waals surface area contributed by atoms with E-state index in [1.54, 1.807) is 6.07 Å². The average Bonchev–Trinajstić information content (AvgIpc) is 2.80. The quantitative estimate of drug-likeness (QED) is 0.589. The van der Waals surface area contributed by atoms with Gasteiger partial charge in [0.1, 0.15) is 12.8 Å². The van der Waals surface area contributed by atoms with E-state index in [1.807, 2.05) is 0 Å². The van der Waals surface area contributed by atoms with E-state index in [4.69, 9.17) is 4.18 Å². The van der Waals surface area contributed by atoms with E-state index in [9.17, 15) is 27.7 Å². The average molecular weight is 338 g/mol. The Bertz CT molecular complexity index is 876. The summed E-state index contributed by atoms with van der Waals surface area (Å²) >= 11 is 0. The van der Waals surface area contributed by atoms with Gasteiger partial charge in [0.25, 0.3) is 21.9 Å². The van der Waals surface area contributed by atoms with Crippen LogP contribution in [0.25, 0.3) is 0 Å². The Labute approximate surface area is 131 Å². The van der Waals surface area contributed by atoms with Crippen LogP contribution >= 0.6 is 0 Å². The second-order valence-corrected chi connectivity index (χ2v) is 6.84. The SMILES string of the molecule is CCC1OS(=O)(=O)c2ccc3c(c2)C(=O)N(C3=O)C1(C#N)CF. The molecule has 3 rings (SSSR count). The number of imide groups is 1. The number of benzene rings is 1. The molecular weight excluding hydrogens is 327 g/mol. The highest BCUT2D eigenvalue weighted by molar-refractivity contribution is 7.86. The van der Waals surface area contributed by atoms with Gasteiger partial charge in [-0.25, -0.2) is 9.29 Å². The molecule has 1 aromatic rings. The first kappa shape index (κ1) is 15.6. The van der Waals surface area contributed by atoms with Gasteiger partial charge in [0.05, 0.1) is 22.1 Å². The number of fused-ring (bicyclic) bond motifs is 2. The molecule has 120 valence electrons. The molecule has 2 amide bonds. The maximum atomic E-state index is 13.8. The lowest BCUT2D eigenvalue weighted by Crippen LogP contribution is -2.60. The molecule has 0 saturated carbocycles. The second-order valence-electron chi connectivity index (χ2n) is 5.27. The molecule has 0 saturated heterocycles. The van der Waals surface area contributed by atoms with Crippen LogP contribution in [-0.2, 0) is 14.3 Å². The largest absolute Gasteiger partial charge is 0.297 e. The topological polar surface area (TPSA) is 105 Å². The first-order chi connectivity index (χ1) is 10.8. The van der Waals surface area contributed by atoms with Gasteiger partial charge in [-0.2, -0.15) is 13.7 Å². The van der Waals surface area contributed by atoms with Crippen LogP contribution in [0.4, 0.5) is 4.39 Å². The Morgan fingerprint density at radius 3 is 2.57 bits per heavy atom. The maximum Gasteiger partial charge on any atom is 0.297 e. The minimum Gasteiger partial charge on any atom is -0.269 e. The zero-order valence-corrected chi connectivity index (χ0v) is 12.8. The summed E-state index contributed by atoms with van der Waals surface area (Å²) in [6.07, 6.45) is -1.60. The summed E-state index contributed by atoms with van der Waals surface area (Å²) in [4.78, 5) is 25.2. The van der Waals surface area contributed by atoms with Gasteiger partial charge < -0.3 is 0 Å². The van der Waals surface area contributed by atoms with Crippen molar-refractivity contribution in [1.82, 2.24) is 4.90 Å². The van der Waals surface area contributed by atoms with Crippen LogP contribution < -0.4 is 0 Å².